The molecule has 0 saturated heterocycles. The third-order valence-electron chi connectivity index (χ3n) is 1.77. The van der Waals surface area contributed by atoms with Crippen molar-refractivity contribution < 1.29 is 0 Å². The van der Waals surface area contributed by atoms with Crippen molar-refractivity contribution in [3.05, 3.63) is 24.3 Å². The van der Waals surface area contributed by atoms with Crippen LogP contribution in [0.3, 0.4) is 0 Å². The van der Waals surface area contributed by atoms with Gasteiger partial charge in [-0.2, -0.15) is 0 Å². The number of benzene rings is 1. The quantitative estimate of drug-likeness (QED) is 0.645. The first-order chi connectivity index (χ1) is 6.88. The molecule has 1 aromatic carbocycles. The largest absolute Gasteiger partial charge is 0.125 e. The molecule has 1 rings (SSSR count). The van der Waals surface area contributed by atoms with Gasteiger partial charge in [-0.15, -0.1) is 23.5 Å². The van der Waals surface area contributed by atoms with E-state index in [4.69, 9.17) is 0 Å². The number of rotatable bonds is 6. The molecule has 2 heteroatoms. The van der Waals surface area contributed by atoms with Gasteiger partial charge in [-0.1, -0.05) is 26.0 Å². The second-order valence-corrected chi connectivity index (χ2v) is 5.42. The van der Waals surface area contributed by atoms with Crippen LogP contribution in [0.5, 0.6) is 0 Å². The van der Waals surface area contributed by atoms with Crippen LogP contribution in [0.2, 0.25) is 0 Å². The van der Waals surface area contributed by atoms with E-state index < -0.39 is 0 Å². The molecule has 0 fully saturated rings. The van der Waals surface area contributed by atoms with Crippen molar-refractivity contribution in [3.8, 4) is 0 Å². The van der Waals surface area contributed by atoms with E-state index >= 15 is 0 Å². The smallest absolute Gasteiger partial charge is 0.0208 e. The monoisotopic (exact) mass is 226 g/mol. The molecule has 1 aromatic rings. The van der Waals surface area contributed by atoms with Crippen LogP contribution in [0, 0.1) is 0 Å². The molecule has 0 aliphatic rings. The van der Waals surface area contributed by atoms with Gasteiger partial charge in [0.1, 0.15) is 0 Å². The fourth-order valence-electron chi connectivity index (χ4n) is 1.11. The van der Waals surface area contributed by atoms with Gasteiger partial charge in [0.05, 0.1) is 0 Å². The van der Waals surface area contributed by atoms with Crippen LogP contribution < -0.4 is 0 Å². The summed E-state index contributed by atoms with van der Waals surface area (Å²) in [6, 6.07) is 8.73. The average molecular weight is 226 g/mol. The zero-order chi connectivity index (χ0) is 10.2. The summed E-state index contributed by atoms with van der Waals surface area (Å²) in [6.45, 7) is 4.46. The van der Waals surface area contributed by atoms with Gasteiger partial charge in [-0.05, 0) is 36.5 Å². The second-order valence-electron chi connectivity index (χ2n) is 3.14. The normalized spacial score (nSPS) is 10.4. The molecule has 0 heterocycles. The summed E-state index contributed by atoms with van der Waals surface area (Å²) in [6.07, 6.45) is 2.49. The molecule has 0 saturated carbocycles. The van der Waals surface area contributed by atoms with Crippen molar-refractivity contribution in [2.75, 3.05) is 11.5 Å². The van der Waals surface area contributed by atoms with Gasteiger partial charge in [-0.25, -0.2) is 0 Å². The Hall–Kier alpha value is -0.0800. The maximum Gasteiger partial charge on any atom is 0.0208 e. The minimum atomic E-state index is 1.23. The molecule has 0 nitrogen and oxygen atoms in total. The van der Waals surface area contributed by atoms with Crippen LogP contribution in [0.25, 0.3) is 0 Å². The van der Waals surface area contributed by atoms with E-state index in [1.165, 1.54) is 34.1 Å². The molecule has 0 N–H and O–H groups in total. The van der Waals surface area contributed by atoms with Crippen LogP contribution in [0.1, 0.15) is 26.7 Å². The van der Waals surface area contributed by atoms with Crippen LogP contribution in [0.4, 0.5) is 0 Å². The summed E-state index contributed by atoms with van der Waals surface area (Å²) in [5, 5.41) is 0. The van der Waals surface area contributed by atoms with Gasteiger partial charge >= 0.3 is 0 Å². The fourth-order valence-corrected chi connectivity index (χ4v) is 3.08. The van der Waals surface area contributed by atoms with Gasteiger partial charge in [0, 0.05) is 9.79 Å². The molecular weight excluding hydrogens is 208 g/mol. The maximum atomic E-state index is 2.23. The average Bonchev–Trinajstić information content (AvgIpc) is 2.24. The summed E-state index contributed by atoms with van der Waals surface area (Å²) in [5.74, 6) is 2.45. The van der Waals surface area contributed by atoms with E-state index in [-0.39, 0.29) is 0 Å². The van der Waals surface area contributed by atoms with Crippen molar-refractivity contribution >= 4 is 23.5 Å². The van der Waals surface area contributed by atoms with E-state index in [0.29, 0.717) is 0 Å². The third kappa shape index (κ3) is 3.97. The third-order valence-corrected chi connectivity index (χ3v) is 4.46. The Bertz CT molecular complexity index is 231. The molecule has 14 heavy (non-hydrogen) atoms. The van der Waals surface area contributed by atoms with Gasteiger partial charge in [0.25, 0.3) is 0 Å². The molecule has 0 unspecified atom stereocenters. The second kappa shape index (κ2) is 7.24. The zero-order valence-electron chi connectivity index (χ0n) is 8.95. The van der Waals surface area contributed by atoms with E-state index in [2.05, 4.69) is 38.1 Å². The molecule has 0 atom stereocenters. The SMILES string of the molecule is CCCSc1ccccc1SCCC. The predicted octanol–water partition coefficient (Wildman–Crippen LogP) is 4.69. The van der Waals surface area contributed by atoms with Crippen LogP contribution in [0.15, 0.2) is 34.1 Å². The number of thioether (sulfide) groups is 2. The maximum absolute atomic E-state index is 2.23. The highest BCUT2D eigenvalue weighted by Gasteiger charge is 2.01. The fraction of sp³-hybridized carbons (Fsp3) is 0.500. The summed E-state index contributed by atoms with van der Waals surface area (Å²) in [7, 11) is 0. The Kier molecular flexibility index (Phi) is 6.20. The highest BCUT2D eigenvalue weighted by Crippen LogP contribution is 2.31. The lowest BCUT2D eigenvalue weighted by molar-refractivity contribution is 1.09. The Balaban J connectivity index is 2.60. The van der Waals surface area contributed by atoms with Crippen molar-refractivity contribution in [2.45, 2.75) is 36.5 Å². The van der Waals surface area contributed by atoms with E-state index in [9.17, 15) is 0 Å². The summed E-state index contributed by atoms with van der Waals surface area (Å²) in [4.78, 5) is 2.90. The first kappa shape index (κ1) is 12.0. The summed E-state index contributed by atoms with van der Waals surface area (Å²) in [5.41, 5.74) is 0. The minimum Gasteiger partial charge on any atom is -0.125 e. The number of hydrogen-bond acceptors (Lipinski definition) is 2. The Morgan fingerprint density at radius 3 is 1.64 bits per heavy atom. The van der Waals surface area contributed by atoms with Crippen LogP contribution in [-0.2, 0) is 0 Å². The molecule has 0 radical (unpaired) electrons. The lowest BCUT2D eigenvalue weighted by Crippen LogP contribution is -1.82. The highest BCUT2D eigenvalue weighted by atomic mass is 32.2. The van der Waals surface area contributed by atoms with Gasteiger partial charge in [0.2, 0.25) is 0 Å². The lowest BCUT2D eigenvalue weighted by Gasteiger charge is -2.06. The molecule has 0 spiro atoms. The van der Waals surface area contributed by atoms with E-state index in [0.717, 1.165) is 0 Å². The summed E-state index contributed by atoms with van der Waals surface area (Å²) >= 11 is 3.95. The van der Waals surface area contributed by atoms with Crippen molar-refractivity contribution in [3.63, 3.8) is 0 Å². The van der Waals surface area contributed by atoms with E-state index in [1.807, 2.05) is 23.5 Å². The first-order valence-electron chi connectivity index (χ1n) is 5.23. The molecule has 0 aromatic heterocycles. The lowest BCUT2D eigenvalue weighted by atomic mass is 10.4. The van der Waals surface area contributed by atoms with Crippen LogP contribution in [-0.4, -0.2) is 11.5 Å². The van der Waals surface area contributed by atoms with Gasteiger partial charge < -0.3 is 0 Å². The number of hydrogen-bond donors (Lipinski definition) is 0. The van der Waals surface area contributed by atoms with Crippen molar-refractivity contribution in [1.29, 1.82) is 0 Å². The van der Waals surface area contributed by atoms with Gasteiger partial charge in [0.15, 0.2) is 0 Å². The van der Waals surface area contributed by atoms with E-state index in [1.54, 1.807) is 0 Å². The van der Waals surface area contributed by atoms with Crippen molar-refractivity contribution in [2.24, 2.45) is 0 Å². The molecule has 78 valence electrons. The van der Waals surface area contributed by atoms with Crippen molar-refractivity contribution in [1.82, 2.24) is 0 Å². The molecule has 0 amide bonds. The Morgan fingerprint density at radius 1 is 0.857 bits per heavy atom. The highest BCUT2D eigenvalue weighted by molar-refractivity contribution is 8.02. The molecule has 0 aliphatic carbocycles. The minimum absolute atomic E-state index is 1.23. The topological polar surface area (TPSA) is 0 Å². The Labute approximate surface area is 95.9 Å². The standard InChI is InChI=1S/C12H18S2/c1-3-9-13-11-7-5-6-8-12(11)14-10-4-2/h5-8H,3-4,9-10H2,1-2H3. The molecule has 0 bridgehead atoms. The molecule has 0 aliphatic heterocycles. The van der Waals surface area contributed by atoms with Gasteiger partial charge in [-0.3, -0.25) is 0 Å². The zero-order valence-corrected chi connectivity index (χ0v) is 10.6. The predicted molar refractivity (Wildman–Crippen MR) is 68.5 cm³/mol. The van der Waals surface area contributed by atoms with Crippen LogP contribution >= 0.6 is 23.5 Å². The summed E-state index contributed by atoms with van der Waals surface area (Å²) < 4.78 is 0. The molecular formula is C12H18S2. The first-order valence-corrected chi connectivity index (χ1v) is 7.20. The Morgan fingerprint density at radius 2 is 1.29 bits per heavy atom.